The van der Waals surface area contributed by atoms with Crippen LogP contribution >= 0.6 is 0 Å². The molecule has 0 amide bonds. The molecule has 0 rings (SSSR count). The van der Waals surface area contributed by atoms with Crippen LogP contribution < -0.4 is 0 Å². The van der Waals surface area contributed by atoms with E-state index in [0.717, 1.165) is 12.3 Å². The molecule has 1 atom stereocenters. The van der Waals surface area contributed by atoms with Crippen LogP contribution in [-0.2, 0) is 9.53 Å². The van der Waals surface area contributed by atoms with Crippen LogP contribution in [-0.4, -0.2) is 12.6 Å². The Morgan fingerprint density at radius 3 is 2.05 bits per heavy atom. The maximum atomic E-state index is 10.9. The molecule has 0 aliphatic rings. The smallest absolute Gasteiger partial charge is 0.330 e. The van der Waals surface area contributed by atoms with Gasteiger partial charge in [0.25, 0.3) is 0 Å². The minimum absolute atomic E-state index is 0.299. The van der Waals surface area contributed by atoms with Gasteiger partial charge in [0.05, 0.1) is 6.61 Å². The fourth-order valence-corrected chi connectivity index (χ4v) is 2.73. The highest BCUT2D eigenvalue weighted by atomic mass is 16.5. The second kappa shape index (κ2) is 15.6. The molecular formula is C19H36O2. The van der Waals surface area contributed by atoms with E-state index in [9.17, 15) is 4.79 Å². The van der Waals surface area contributed by atoms with Gasteiger partial charge in [0, 0.05) is 6.08 Å². The van der Waals surface area contributed by atoms with Crippen LogP contribution in [0.4, 0.5) is 0 Å². The Hall–Kier alpha value is -0.790. The molecule has 0 aromatic rings. The molecule has 2 nitrogen and oxygen atoms in total. The Labute approximate surface area is 132 Å². The first-order valence-corrected chi connectivity index (χ1v) is 9.03. The largest absolute Gasteiger partial charge is 0.463 e. The van der Waals surface area contributed by atoms with E-state index in [4.69, 9.17) is 4.74 Å². The predicted molar refractivity (Wildman–Crippen MR) is 91.4 cm³/mol. The van der Waals surface area contributed by atoms with Gasteiger partial charge >= 0.3 is 5.97 Å². The Morgan fingerprint density at radius 1 is 0.905 bits per heavy atom. The standard InChI is InChI=1S/C19H36O2/c1-4-7-9-11-15-18(14-8-5-2)16-12-10-13-17-21-19(20)6-3/h6,18H,3-5,7-17H2,1-2H3. The maximum Gasteiger partial charge on any atom is 0.330 e. The molecule has 0 fully saturated rings. The number of carbonyl (C=O) groups excluding carboxylic acids is 1. The lowest BCUT2D eigenvalue weighted by Crippen LogP contribution is -2.03. The van der Waals surface area contributed by atoms with Crippen LogP contribution in [0.1, 0.15) is 90.9 Å². The average Bonchev–Trinajstić information content (AvgIpc) is 2.51. The third-order valence-electron chi connectivity index (χ3n) is 4.10. The highest BCUT2D eigenvalue weighted by Gasteiger charge is 2.08. The molecule has 1 unspecified atom stereocenters. The first-order valence-electron chi connectivity index (χ1n) is 9.03. The van der Waals surface area contributed by atoms with Crippen molar-refractivity contribution in [2.75, 3.05) is 6.61 Å². The van der Waals surface area contributed by atoms with Crippen molar-refractivity contribution >= 4 is 5.97 Å². The summed E-state index contributed by atoms with van der Waals surface area (Å²) < 4.78 is 5.00. The maximum absolute atomic E-state index is 10.9. The Morgan fingerprint density at radius 2 is 1.48 bits per heavy atom. The zero-order chi connectivity index (χ0) is 15.8. The van der Waals surface area contributed by atoms with E-state index in [1.54, 1.807) is 0 Å². The van der Waals surface area contributed by atoms with Gasteiger partial charge in [0.15, 0.2) is 0 Å². The van der Waals surface area contributed by atoms with Crippen LogP contribution in [0.5, 0.6) is 0 Å². The number of ether oxygens (including phenoxy) is 1. The highest BCUT2D eigenvalue weighted by molar-refractivity contribution is 5.81. The van der Waals surface area contributed by atoms with Crippen LogP contribution in [0.2, 0.25) is 0 Å². The third-order valence-corrected chi connectivity index (χ3v) is 4.10. The lowest BCUT2D eigenvalue weighted by atomic mass is 9.90. The van der Waals surface area contributed by atoms with Crippen molar-refractivity contribution < 1.29 is 9.53 Å². The van der Waals surface area contributed by atoms with E-state index in [1.807, 2.05) is 0 Å². The summed E-state index contributed by atoms with van der Waals surface area (Å²) in [6.45, 7) is 8.49. The van der Waals surface area contributed by atoms with Gasteiger partial charge in [0.1, 0.15) is 0 Å². The molecule has 21 heavy (non-hydrogen) atoms. The second-order valence-electron chi connectivity index (χ2n) is 6.08. The molecule has 124 valence electrons. The predicted octanol–water partition coefficient (Wildman–Crippen LogP) is 6.05. The van der Waals surface area contributed by atoms with Gasteiger partial charge in [-0.15, -0.1) is 0 Å². The van der Waals surface area contributed by atoms with Crippen molar-refractivity contribution in [1.82, 2.24) is 0 Å². The van der Waals surface area contributed by atoms with Crippen molar-refractivity contribution in [2.45, 2.75) is 90.9 Å². The van der Waals surface area contributed by atoms with Gasteiger partial charge in [-0.1, -0.05) is 91.1 Å². The summed E-state index contributed by atoms with van der Waals surface area (Å²) in [4.78, 5) is 10.9. The van der Waals surface area contributed by atoms with E-state index < -0.39 is 0 Å². The summed E-state index contributed by atoms with van der Waals surface area (Å²) in [5.74, 6) is 0.615. The molecule has 0 saturated carbocycles. The summed E-state index contributed by atoms with van der Waals surface area (Å²) in [6, 6.07) is 0. The minimum atomic E-state index is -0.299. The molecule has 0 radical (unpaired) electrons. The van der Waals surface area contributed by atoms with Gasteiger partial charge in [-0.25, -0.2) is 4.79 Å². The third kappa shape index (κ3) is 13.9. The number of carbonyl (C=O) groups is 1. The SMILES string of the molecule is C=CC(=O)OCCCCCC(CCCC)CCCCCC. The van der Waals surface area contributed by atoms with E-state index in [-0.39, 0.29) is 5.97 Å². The van der Waals surface area contributed by atoms with E-state index >= 15 is 0 Å². The number of rotatable bonds is 15. The number of hydrogen-bond donors (Lipinski definition) is 0. The molecule has 2 heteroatoms. The van der Waals surface area contributed by atoms with Crippen LogP contribution in [0.25, 0.3) is 0 Å². The summed E-state index contributed by atoms with van der Waals surface area (Å²) in [5.41, 5.74) is 0. The van der Waals surface area contributed by atoms with E-state index in [1.165, 1.54) is 76.7 Å². The summed E-state index contributed by atoms with van der Waals surface area (Å²) in [7, 11) is 0. The molecule has 0 bridgehead atoms. The van der Waals surface area contributed by atoms with Crippen LogP contribution in [0.15, 0.2) is 12.7 Å². The lowest BCUT2D eigenvalue weighted by Gasteiger charge is -2.16. The van der Waals surface area contributed by atoms with Gasteiger partial charge in [-0.3, -0.25) is 0 Å². The topological polar surface area (TPSA) is 26.3 Å². The lowest BCUT2D eigenvalue weighted by molar-refractivity contribution is -0.137. The van der Waals surface area contributed by atoms with Crippen LogP contribution in [0, 0.1) is 5.92 Å². The van der Waals surface area contributed by atoms with Gasteiger partial charge < -0.3 is 4.74 Å². The van der Waals surface area contributed by atoms with Crippen molar-refractivity contribution in [3.05, 3.63) is 12.7 Å². The minimum Gasteiger partial charge on any atom is -0.463 e. The van der Waals surface area contributed by atoms with Crippen LogP contribution in [0.3, 0.4) is 0 Å². The Kier molecular flexibility index (Phi) is 15.0. The molecule has 0 aromatic heterocycles. The molecule has 0 aliphatic carbocycles. The zero-order valence-electron chi connectivity index (χ0n) is 14.4. The van der Waals surface area contributed by atoms with E-state index in [2.05, 4.69) is 20.4 Å². The van der Waals surface area contributed by atoms with Gasteiger partial charge in [-0.05, 0) is 12.3 Å². The zero-order valence-corrected chi connectivity index (χ0v) is 14.4. The van der Waals surface area contributed by atoms with Gasteiger partial charge in [0.2, 0.25) is 0 Å². The normalized spacial score (nSPS) is 12.1. The van der Waals surface area contributed by atoms with Crippen molar-refractivity contribution in [2.24, 2.45) is 5.92 Å². The molecule has 0 saturated heterocycles. The first-order chi connectivity index (χ1) is 10.2. The Bertz CT molecular complexity index is 248. The van der Waals surface area contributed by atoms with Gasteiger partial charge in [-0.2, -0.15) is 0 Å². The molecule has 0 aromatic carbocycles. The van der Waals surface area contributed by atoms with Crippen molar-refractivity contribution in [1.29, 1.82) is 0 Å². The fraction of sp³-hybridized carbons (Fsp3) is 0.842. The molecular weight excluding hydrogens is 260 g/mol. The monoisotopic (exact) mass is 296 g/mol. The fourth-order valence-electron chi connectivity index (χ4n) is 2.73. The van der Waals surface area contributed by atoms with E-state index in [0.29, 0.717) is 6.61 Å². The summed E-state index contributed by atoms with van der Waals surface area (Å²) in [6.07, 6.45) is 17.0. The Balaban J connectivity index is 3.64. The summed E-state index contributed by atoms with van der Waals surface area (Å²) >= 11 is 0. The quantitative estimate of drug-likeness (QED) is 0.209. The second-order valence-corrected chi connectivity index (χ2v) is 6.08. The molecule has 0 heterocycles. The van der Waals surface area contributed by atoms with Crippen molar-refractivity contribution in [3.63, 3.8) is 0 Å². The number of unbranched alkanes of at least 4 members (excludes halogenated alkanes) is 6. The number of hydrogen-bond acceptors (Lipinski definition) is 2. The number of esters is 1. The average molecular weight is 296 g/mol. The molecule has 0 aliphatic heterocycles. The molecule has 0 spiro atoms. The first kappa shape index (κ1) is 20.2. The summed E-state index contributed by atoms with van der Waals surface area (Å²) in [5, 5.41) is 0. The highest BCUT2D eigenvalue weighted by Crippen LogP contribution is 2.23. The van der Waals surface area contributed by atoms with Crippen molar-refractivity contribution in [3.8, 4) is 0 Å². The molecule has 0 N–H and O–H groups in total.